The van der Waals surface area contributed by atoms with E-state index in [0.717, 1.165) is 4.90 Å². The summed E-state index contributed by atoms with van der Waals surface area (Å²) in [6.45, 7) is -0.119. The van der Waals surface area contributed by atoms with E-state index in [1.165, 1.54) is 12.1 Å². The molecule has 0 aliphatic carbocycles. The van der Waals surface area contributed by atoms with Gasteiger partial charge in [-0.05, 0) is 36.1 Å². The molecule has 0 unspecified atom stereocenters. The van der Waals surface area contributed by atoms with Crippen molar-refractivity contribution in [1.82, 2.24) is 4.72 Å². The van der Waals surface area contributed by atoms with Crippen molar-refractivity contribution in [2.45, 2.75) is 15.9 Å². The molecule has 22 heavy (non-hydrogen) atoms. The summed E-state index contributed by atoms with van der Waals surface area (Å²) in [5.74, 6) is 0. The number of rotatable bonds is 6. The number of hydrogen-bond donors (Lipinski definition) is 2. The Kier molecular flexibility index (Phi) is 5.88. The van der Waals surface area contributed by atoms with Gasteiger partial charge in [0.05, 0.1) is 11.1 Å². The Balaban J connectivity index is 2.06. The topological polar surface area (TPSA) is 66.4 Å². The summed E-state index contributed by atoms with van der Waals surface area (Å²) in [4.78, 5) is 1.08. The summed E-state index contributed by atoms with van der Waals surface area (Å²) in [5.41, 5.74) is 0.652. The van der Waals surface area contributed by atoms with Gasteiger partial charge in [-0.1, -0.05) is 35.9 Å². The highest BCUT2D eigenvalue weighted by atomic mass is 35.5. The third-order valence-electron chi connectivity index (χ3n) is 3.09. The van der Waals surface area contributed by atoms with Gasteiger partial charge in [0, 0.05) is 11.4 Å². The monoisotopic (exact) mass is 357 g/mol. The van der Waals surface area contributed by atoms with E-state index in [1.54, 1.807) is 36.0 Å². The molecule has 0 radical (unpaired) electrons. The quantitative estimate of drug-likeness (QED) is 0.780. The van der Waals surface area contributed by atoms with Crippen LogP contribution in [0.1, 0.15) is 11.7 Å². The molecule has 0 saturated carbocycles. The van der Waals surface area contributed by atoms with E-state index in [-0.39, 0.29) is 16.5 Å². The largest absolute Gasteiger partial charge is 0.387 e. The molecule has 0 aliphatic heterocycles. The minimum absolute atomic E-state index is 0.00148. The number of hydrogen-bond acceptors (Lipinski definition) is 4. The van der Waals surface area contributed by atoms with Crippen molar-refractivity contribution in [3.63, 3.8) is 0 Å². The summed E-state index contributed by atoms with van der Waals surface area (Å²) in [6, 6.07) is 13.5. The SMILES string of the molecule is CSc1ccc([C@@H](O)CNS(=O)(=O)c2ccccc2Cl)cc1. The van der Waals surface area contributed by atoms with Crippen molar-refractivity contribution in [2.75, 3.05) is 12.8 Å². The minimum Gasteiger partial charge on any atom is -0.387 e. The molecule has 2 rings (SSSR count). The van der Waals surface area contributed by atoms with Crippen LogP contribution in [0.15, 0.2) is 58.3 Å². The first-order valence-electron chi connectivity index (χ1n) is 6.50. The third-order valence-corrected chi connectivity index (χ3v) is 5.76. The van der Waals surface area contributed by atoms with Crippen LogP contribution in [0.2, 0.25) is 5.02 Å². The molecular formula is C15H16ClNO3S2. The van der Waals surface area contributed by atoms with Gasteiger partial charge >= 0.3 is 0 Å². The first-order valence-corrected chi connectivity index (χ1v) is 9.59. The Morgan fingerprint density at radius 1 is 1.18 bits per heavy atom. The number of sulfonamides is 1. The van der Waals surface area contributed by atoms with Gasteiger partial charge in [0.15, 0.2) is 0 Å². The molecule has 2 aromatic carbocycles. The number of benzene rings is 2. The molecule has 0 spiro atoms. The Morgan fingerprint density at radius 3 is 2.41 bits per heavy atom. The van der Waals surface area contributed by atoms with Gasteiger partial charge < -0.3 is 5.11 Å². The average Bonchev–Trinajstić information content (AvgIpc) is 2.53. The molecule has 0 aromatic heterocycles. The summed E-state index contributed by atoms with van der Waals surface area (Å²) >= 11 is 7.49. The van der Waals surface area contributed by atoms with Crippen LogP contribution in [-0.2, 0) is 10.0 Å². The summed E-state index contributed by atoms with van der Waals surface area (Å²) < 4.78 is 26.7. The van der Waals surface area contributed by atoms with Gasteiger partial charge in [-0.15, -0.1) is 11.8 Å². The van der Waals surface area contributed by atoms with E-state index in [2.05, 4.69) is 4.72 Å². The van der Waals surface area contributed by atoms with E-state index >= 15 is 0 Å². The van der Waals surface area contributed by atoms with Crippen molar-refractivity contribution in [1.29, 1.82) is 0 Å². The number of nitrogens with one attached hydrogen (secondary N) is 1. The number of thioether (sulfide) groups is 1. The second-order valence-electron chi connectivity index (χ2n) is 4.57. The smallest absolute Gasteiger partial charge is 0.242 e. The number of aliphatic hydroxyl groups excluding tert-OH is 1. The fraction of sp³-hybridized carbons (Fsp3) is 0.200. The zero-order valence-corrected chi connectivity index (χ0v) is 14.3. The van der Waals surface area contributed by atoms with Crippen LogP contribution in [0, 0.1) is 0 Å². The molecule has 0 saturated heterocycles. The zero-order valence-electron chi connectivity index (χ0n) is 11.9. The fourth-order valence-electron chi connectivity index (χ4n) is 1.87. The molecule has 2 aromatic rings. The van der Waals surface area contributed by atoms with Crippen molar-refractivity contribution < 1.29 is 13.5 Å². The van der Waals surface area contributed by atoms with Crippen LogP contribution in [0.25, 0.3) is 0 Å². The lowest BCUT2D eigenvalue weighted by molar-refractivity contribution is 0.182. The summed E-state index contributed by atoms with van der Waals surface area (Å²) in [6.07, 6.45) is 1.04. The van der Waals surface area contributed by atoms with E-state index in [1.807, 2.05) is 18.4 Å². The van der Waals surface area contributed by atoms with Crippen LogP contribution in [0.4, 0.5) is 0 Å². The number of aliphatic hydroxyl groups is 1. The Labute approximate surface area is 139 Å². The highest BCUT2D eigenvalue weighted by Crippen LogP contribution is 2.22. The molecular weight excluding hydrogens is 342 g/mol. The molecule has 0 aliphatic rings. The van der Waals surface area contributed by atoms with Crippen molar-refractivity contribution in [2.24, 2.45) is 0 Å². The van der Waals surface area contributed by atoms with Gasteiger partial charge in [0.25, 0.3) is 0 Å². The predicted octanol–water partition coefficient (Wildman–Crippen LogP) is 3.07. The van der Waals surface area contributed by atoms with Gasteiger partial charge in [-0.3, -0.25) is 0 Å². The molecule has 118 valence electrons. The normalized spacial score (nSPS) is 13.0. The van der Waals surface area contributed by atoms with Crippen molar-refractivity contribution in [3.8, 4) is 0 Å². The highest BCUT2D eigenvalue weighted by molar-refractivity contribution is 7.98. The number of halogens is 1. The Morgan fingerprint density at radius 2 is 1.82 bits per heavy atom. The highest BCUT2D eigenvalue weighted by Gasteiger charge is 2.19. The van der Waals surface area contributed by atoms with E-state index in [9.17, 15) is 13.5 Å². The van der Waals surface area contributed by atoms with Gasteiger partial charge in [-0.25, -0.2) is 13.1 Å². The molecule has 0 amide bonds. The van der Waals surface area contributed by atoms with Crippen LogP contribution < -0.4 is 4.72 Å². The molecule has 0 fully saturated rings. The predicted molar refractivity (Wildman–Crippen MR) is 89.8 cm³/mol. The third kappa shape index (κ3) is 4.24. The average molecular weight is 358 g/mol. The molecule has 4 nitrogen and oxygen atoms in total. The van der Waals surface area contributed by atoms with Crippen molar-refractivity contribution >= 4 is 33.4 Å². The summed E-state index contributed by atoms with van der Waals surface area (Å²) in [5, 5.41) is 10.2. The first kappa shape index (κ1) is 17.3. The lowest BCUT2D eigenvalue weighted by Crippen LogP contribution is -2.28. The van der Waals surface area contributed by atoms with Crippen molar-refractivity contribution in [3.05, 3.63) is 59.1 Å². The van der Waals surface area contributed by atoms with Crippen LogP contribution in [0.5, 0.6) is 0 Å². The molecule has 7 heteroatoms. The van der Waals surface area contributed by atoms with Crippen LogP contribution in [-0.4, -0.2) is 26.3 Å². The minimum atomic E-state index is -3.75. The molecule has 2 N–H and O–H groups in total. The van der Waals surface area contributed by atoms with Gasteiger partial charge in [-0.2, -0.15) is 0 Å². The second-order valence-corrected chi connectivity index (χ2v) is 7.59. The maximum Gasteiger partial charge on any atom is 0.242 e. The lowest BCUT2D eigenvalue weighted by atomic mass is 10.1. The van der Waals surface area contributed by atoms with E-state index in [4.69, 9.17) is 11.6 Å². The second kappa shape index (κ2) is 7.48. The van der Waals surface area contributed by atoms with E-state index < -0.39 is 16.1 Å². The zero-order chi connectivity index (χ0) is 16.2. The fourth-order valence-corrected chi connectivity index (χ4v) is 3.84. The maximum atomic E-state index is 12.2. The lowest BCUT2D eigenvalue weighted by Gasteiger charge is -2.13. The van der Waals surface area contributed by atoms with Gasteiger partial charge in [0.1, 0.15) is 4.90 Å². The molecule has 0 bridgehead atoms. The molecule has 0 heterocycles. The van der Waals surface area contributed by atoms with E-state index in [0.29, 0.717) is 5.56 Å². The molecule has 1 atom stereocenters. The first-order chi connectivity index (χ1) is 10.4. The Bertz CT molecular complexity index is 733. The van der Waals surface area contributed by atoms with Gasteiger partial charge in [0.2, 0.25) is 10.0 Å². The van der Waals surface area contributed by atoms with Crippen LogP contribution in [0.3, 0.4) is 0 Å². The van der Waals surface area contributed by atoms with Crippen LogP contribution >= 0.6 is 23.4 Å². The summed E-state index contributed by atoms with van der Waals surface area (Å²) in [7, 11) is -3.75. The maximum absolute atomic E-state index is 12.2. The Hall–Kier alpha value is -1.05. The standard InChI is InChI=1S/C15H16ClNO3S2/c1-21-12-8-6-11(7-9-12)14(18)10-17-22(19,20)15-5-3-2-4-13(15)16/h2-9,14,17-18H,10H2,1H3/t14-/m0/s1.